The molecule has 1 aromatic heterocycles. The first-order chi connectivity index (χ1) is 11.0. The zero-order valence-corrected chi connectivity index (χ0v) is 14.6. The maximum Gasteiger partial charge on any atom is 0.317 e. The van der Waals surface area contributed by atoms with Gasteiger partial charge in [0.2, 0.25) is 0 Å². The van der Waals surface area contributed by atoms with E-state index in [1.165, 1.54) is 11.3 Å². The normalized spacial score (nSPS) is 18.0. The Morgan fingerprint density at radius 3 is 2.48 bits per heavy atom. The highest BCUT2D eigenvalue weighted by Gasteiger charge is 2.26. The van der Waals surface area contributed by atoms with Gasteiger partial charge < -0.3 is 15.1 Å². The molecular formula is C16H24N4O2S. The van der Waals surface area contributed by atoms with Gasteiger partial charge in [-0.25, -0.2) is 9.78 Å². The fourth-order valence-corrected chi connectivity index (χ4v) is 4.12. The first-order valence-electron chi connectivity index (χ1n) is 8.38. The van der Waals surface area contributed by atoms with Crippen LogP contribution < -0.4 is 5.32 Å². The third-order valence-corrected chi connectivity index (χ3v) is 5.43. The van der Waals surface area contributed by atoms with Gasteiger partial charge in [0.05, 0.1) is 5.69 Å². The molecule has 0 radical (unpaired) electrons. The van der Waals surface area contributed by atoms with Crippen molar-refractivity contribution in [2.24, 2.45) is 0 Å². The van der Waals surface area contributed by atoms with Gasteiger partial charge in [0.25, 0.3) is 5.91 Å². The number of carbonyl (C=O) groups excluding carboxylic acids is 2. The number of rotatable bonds is 2. The summed E-state index contributed by atoms with van der Waals surface area (Å²) < 4.78 is 0. The summed E-state index contributed by atoms with van der Waals surface area (Å²) in [4.78, 5) is 34.0. The number of urea groups is 1. The number of aromatic nitrogens is 1. The first-order valence-corrected chi connectivity index (χ1v) is 9.19. The quantitative estimate of drug-likeness (QED) is 0.897. The molecule has 0 saturated carbocycles. The van der Waals surface area contributed by atoms with E-state index in [1.807, 2.05) is 23.6 Å². The predicted octanol–water partition coefficient (Wildman–Crippen LogP) is 1.90. The summed E-state index contributed by atoms with van der Waals surface area (Å²) in [6.45, 7) is 6.98. The van der Waals surface area contributed by atoms with Gasteiger partial charge in [-0.1, -0.05) is 0 Å². The van der Waals surface area contributed by atoms with Crippen LogP contribution >= 0.6 is 11.3 Å². The molecule has 1 aromatic rings. The SMILES string of the molecule is CC(C)NC(=O)N1CCc2nc(C(=O)N3CCCC3)sc2CC1. The molecule has 2 aliphatic rings. The van der Waals surface area contributed by atoms with Gasteiger partial charge in [0.1, 0.15) is 0 Å². The van der Waals surface area contributed by atoms with Gasteiger partial charge in [-0.3, -0.25) is 4.79 Å². The summed E-state index contributed by atoms with van der Waals surface area (Å²) in [5, 5.41) is 3.56. The van der Waals surface area contributed by atoms with Crippen LogP contribution in [0.5, 0.6) is 0 Å². The molecule has 6 nitrogen and oxygen atoms in total. The summed E-state index contributed by atoms with van der Waals surface area (Å²) in [6, 6.07) is 0.131. The lowest BCUT2D eigenvalue weighted by Gasteiger charge is -2.22. The molecule has 0 aromatic carbocycles. The van der Waals surface area contributed by atoms with Gasteiger partial charge in [-0.05, 0) is 26.7 Å². The molecule has 0 spiro atoms. The second-order valence-electron chi connectivity index (χ2n) is 6.48. The maximum atomic E-state index is 12.4. The van der Waals surface area contributed by atoms with Crippen molar-refractivity contribution in [2.45, 2.75) is 45.6 Å². The van der Waals surface area contributed by atoms with Crippen molar-refractivity contribution in [1.29, 1.82) is 0 Å². The molecule has 3 heterocycles. The number of carbonyl (C=O) groups is 2. The minimum absolute atomic E-state index is 0.0106. The molecule has 3 rings (SSSR count). The van der Waals surface area contributed by atoms with Crippen LogP contribution in [-0.4, -0.2) is 58.9 Å². The number of hydrogen-bond donors (Lipinski definition) is 1. The Morgan fingerprint density at radius 1 is 1.09 bits per heavy atom. The van der Waals surface area contributed by atoms with Crippen LogP contribution in [0.15, 0.2) is 0 Å². The van der Waals surface area contributed by atoms with Crippen molar-refractivity contribution >= 4 is 23.3 Å². The van der Waals surface area contributed by atoms with Crippen LogP contribution in [0.1, 0.15) is 47.1 Å². The van der Waals surface area contributed by atoms with E-state index in [9.17, 15) is 9.59 Å². The van der Waals surface area contributed by atoms with Crippen molar-refractivity contribution in [2.75, 3.05) is 26.2 Å². The van der Waals surface area contributed by atoms with Crippen LogP contribution in [0.3, 0.4) is 0 Å². The monoisotopic (exact) mass is 336 g/mol. The van der Waals surface area contributed by atoms with Crippen LogP contribution in [0.2, 0.25) is 0 Å². The molecule has 0 aliphatic carbocycles. The lowest BCUT2D eigenvalue weighted by molar-refractivity contribution is 0.0792. The van der Waals surface area contributed by atoms with E-state index < -0.39 is 0 Å². The van der Waals surface area contributed by atoms with Crippen LogP contribution in [0.4, 0.5) is 4.79 Å². The molecule has 0 atom stereocenters. The zero-order chi connectivity index (χ0) is 16.4. The summed E-state index contributed by atoms with van der Waals surface area (Å²) >= 11 is 1.51. The minimum Gasteiger partial charge on any atom is -0.337 e. The second kappa shape index (κ2) is 6.86. The molecule has 0 unspecified atom stereocenters. The van der Waals surface area contributed by atoms with E-state index in [0.29, 0.717) is 18.1 Å². The number of amides is 3. The number of hydrogen-bond acceptors (Lipinski definition) is 4. The zero-order valence-electron chi connectivity index (χ0n) is 13.8. The second-order valence-corrected chi connectivity index (χ2v) is 7.56. The number of nitrogens with one attached hydrogen (secondary N) is 1. The average Bonchev–Trinajstić information content (AvgIpc) is 3.12. The van der Waals surface area contributed by atoms with Crippen molar-refractivity contribution in [1.82, 2.24) is 20.1 Å². The fourth-order valence-electron chi connectivity index (χ4n) is 3.05. The molecular weight excluding hydrogens is 312 g/mol. The summed E-state index contributed by atoms with van der Waals surface area (Å²) in [5.74, 6) is 0.0787. The molecule has 1 saturated heterocycles. The number of thiazole rings is 1. The van der Waals surface area contributed by atoms with E-state index >= 15 is 0 Å². The molecule has 3 amide bonds. The molecule has 126 valence electrons. The Morgan fingerprint density at radius 2 is 1.78 bits per heavy atom. The summed E-state index contributed by atoms with van der Waals surface area (Å²) in [7, 11) is 0. The Labute approximate surface area is 140 Å². The third kappa shape index (κ3) is 3.65. The van der Waals surface area contributed by atoms with Crippen molar-refractivity contribution in [3.8, 4) is 0 Å². The largest absolute Gasteiger partial charge is 0.337 e. The van der Waals surface area contributed by atoms with Crippen LogP contribution in [-0.2, 0) is 12.8 Å². The summed E-state index contributed by atoms with van der Waals surface area (Å²) in [5.41, 5.74) is 0.998. The fraction of sp³-hybridized carbons (Fsp3) is 0.688. The maximum absolute atomic E-state index is 12.4. The van der Waals surface area contributed by atoms with Crippen LogP contribution in [0.25, 0.3) is 0 Å². The Kier molecular flexibility index (Phi) is 4.84. The predicted molar refractivity (Wildman–Crippen MR) is 89.9 cm³/mol. The lowest BCUT2D eigenvalue weighted by Crippen LogP contribution is -2.44. The molecule has 1 fully saturated rings. The Bertz CT molecular complexity index is 567. The van der Waals surface area contributed by atoms with E-state index in [2.05, 4.69) is 10.3 Å². The van der Waals surface area contributed by atoms with Crippen molar-refractivity contribution in [3.63, 3.8) is 0 Å². The van der Waals surface area contributed by atoms with Gasteiger partial charge in [-0.15, -0.1) is 11.3 Å². The third-order valence-electron chi connectivity index (χ3n) is 4.28. The molecule has 0 bridgehead atoms. The van der Waals surface area contributed by atoms with E-state index in [4.69, 9.17) is 0 Å². The molecule has 7 heteroatoms. The summed E-state index contributed by atoms with van der Waals surface area (Å²) in [6.07, 6.45) is 3.70. The van der Waals surface area contributed by atoms with E-state index in [0.717, 1.165) is 49.3 Å². The van der Waals surface area contributed by atoms with Crippen molar-refractivity contribution in [3.05, 3.63) is 15.6 Å². The molecule has 23 heavy (non-hydrogen) atoms. The lowest BCUT2D eigenvalue weighted by atomic mass is 10.2. The van der Waals surface area contributed by atoms with Crippen molar-refractivity contribution < 1.29 is 9.59 Å². The Balaban J connectivity index is 1.65. The van der Waals surface area contributed by atoms with Gasteiger partial charge in [0, 0.05) is 49.9 Å². The van der Waals surface area contributed by atoms with E-state index in [-0.39, 0.29) is 18.0 Å². The standard InChI is InChI=1S/C16H24N4O2S/c1-11(2)17-16(22)20-9-5-12-13(6-10-20)23-14(18-12)15(21)19-7-3-4-8-19/h11H,3-10H2,1-2H3,(H,17,22). The van der Waals surface area contributed by atoms with Gasteiger partial charge in [-0.2, -0.15) is 0 Å². The average molecular weight is 336 g/mol. The molecule has 2 aliphatic heterocycles. The van der Waals surface area contributed by atoms with Gasteiger partial charge in [0.15, 0.2) is 5.01 Å². The van der Waals surface area contributed by atoms with Gasteiger partial charge >= 0.3 is 6.03 Å². The highest BCUT2D eigenvalue weighted by molar-refractivity contribution is 7.13. The number of likely N-dealkylation sites (tertiary alicyclic amines) is 1. The van der Waals surface area contributed by atoms with E-state index in [1.54, 1.807) is 0 Å². The number of fused-ring (bicyclic) bond motifs is 1. The Hall–Kier alpha value is -1.63. The topological polar surface area (TPSA) is 65.5 Å². The number of nitrogens with zero attached hydrogens (tertiary/aromatic N) is 3. The minimum atomic E-state index is -0.0106. The molecule has 1 N–H and O–H groups in total. The smallest absolute Gasteiger partial charge is 0.317 e. The van der Waals surface area contributed by atoms with Crippen LogP contribution in [0, 0.1) is 0 Å². The highest BCUT2D eigenvalue weighted by Crippen LogP contribution is 2.25. The first kappa shape index (κ1) is 16.2. The highest BCUT2D eigenvalue weighted by atomic mass is 32.1.